The topological polar surface area (TPSA) is 46.9 Å². The lowest BCUT2D eigenvalue weighted by atomic mass is 10.1. The summed E-state index contributed by atoms with van der Waals surface area (Å²) in [5.74, 6) is -0.444. The molecule has 2 heterocycles. The van der Waals surface area contributed by atoms with Crippen molar-refractivity contribution in [3.05, 3.63) is 78.1 Å². The maximum Gasteiger partial charge on any atom is 0.268 e. The highest BCUT2D eigenvalue weighted by atomic mass is 19.1. The van der Waals surface area contributed by atoms with E-state index < -0.39 is 0 Å². The van der Waals surface area contributed by atoms with Gasteiger partial charge in [-0.2, -0.15) is 0 Å². The van der Waals surface area contributed by atoms with Crippen molar-refractivity contribution in [3.63, 3.8) is 0 Å². The first-order valence-corrected chi connectivity index (χ1v) is 7.67. The molecule has 0 aliphatic carbocycles. The van der Waals surface area contributed by atoms with Gasteiger partial charge in [-0.05, 0) is 42.3 Å². The van der Waals surface area contributed by atoms with E-state index in [0.717, 1.165) is 16.7 Å². The number of aromatic nitrogens is 2. The summed E-state index contributed by atoms with van der Waals surface area (Å²) in [6, 6.07) is 11.6. The Bertz CT molecular complexity index is 841. The normalized spacial score (nSPS) is 12.0. The van der Waals surface area contributed by atoms with E-state index in [9.17, 15) is 9.18 Å². The zero-order valence-electron chi connectivity index (χ0n) is 13.5. The number of aryl methyl sites for hydroxylation is 1. The van der Waals surface area contributed by atoms with Crippen molar-refractivity contribution < 1.29 is 9.18 Å². The zero-order valence-corrected chi connectivity index (χ0v) is 13.5. The van der Waals surface area contributed by atoms with Gasteiger partial charge in [-0.3, -0.25) is 9.78 Å². The number of nitrogens with one attached hydrogen (secondary N) is 1. The van der Waals surface area contributed by atoms with Crippen molar-refractivity contribution in [2.75, 3.05) is 0 Å². The smallest absolute Gasteiger partial charge is 0.268 e. The van der Waals surface area contributed by atoms with Crippen molar-refractivity contribution in [2.24, 2.45) is 7.05 Å². The summed E-state index contributed by atoms with van der Waals surface area (Å²) in [5, 5.41) is 2.97. The van der Waals surface area contributed by atoms with Crippen LogP contribution in [-0.4, -0.2) is 15.5 Å². The maximum absolute atomic E-state index is 13.0. The number of carbonyl (C=O) groups excluding carboxylic acids is 1. The number of hydrogen-bond donors (Lipinski definition) is 1. The van der Waals surface area contributed by atoms with Crippen LogP contribution in [0.3, 0.4) is 0 Å². The Morgan fingerprint density at radius 1 is 1.21 bits per heavy atom. The Hall–Kier alpha value is -2.95. The van der Waals surface area contributed by atoms with Gasteiger partial charge in [-0.15, -0.1) is 0 Å². The first kappa shape index (κ1) is 15.9. The van der Waals surface area contributed by atoms with Crippen LogP contribution in [0.1, 0.15) is 29.0 Å². The Morgan fingerprint density at radius 3 is 2.62 bits per heavy atom. The predicted octanol–water partition coefficient (Wildman–Crippen LogP) is 3.72. The van der Waals surface area contributed by atoms with E-state index in [1.165, 1.54) is 12.1 Å². The van der Waals surface area contributed by atoms with E-state index in [1.807, 2.05) is 32.3 Å². The van der Waals surface area contributed by atoms with Gasteiger partial charge >= 0.3 is 0 Å². The lowest BCUT2D eigenvalue weighted by Crippen LogP contribution is -2.28. The molecule has 0 bridgehead atoms. The molecule has 1 amide bonds. The third-order valence-corrected chi connectivity index (χ3v) is 3.95. The van der Waals surface area contributed by atoms with Crippen LogP contribution in [0.4, 0.5) is 4.39 Å². The molecule has 0 unspecified atom stereocenters. The fourth-order valence-corrected chi connectivity index (χ4v) is 2.58. The molecule has 0 radical (unpaired) electrons. The van der Waals surface area contributed by atoms with E-state index in [0.29, 0.717) is 5.69 Å². The minimum atomic E-state index is -0.280. The molecule has 5 heteroatoms. The van der Waals surface area contributed by atoms with Crippen molar-refractivity contribution in [1.29, 1.82) is 0 Å². The molecule has 0 saturated carbocycles. The van der Waals surface area contributed by atoms with Crippen molar-refractivity contribution in [3.8, 4) is 11.1 Å². The van der Waals surface area contributed by atoms with Gasteiger partial charge in [0.1, 0.15) is 11.5 Å². The largest absolute Gasteiger partial charge is 0.346 e. The number of amides is 1. The molecule has 0 spiro atoms. The third kappa shape index (κ3) is 3.35. The van der Waals surface area contributed by atoms with Gasteiger partial charge in [-0.25, -0.2) is 4.39 Å². The number of carbonyl (C=O) groups is 1. The van der Waals surface area contributed by atoms with Crippen LogP contribution >= 0.6 is 0 Å². The zero-order chi connectivity index (χ0) is 17.1. The molecular weight excluding hydrogens is 305 g/mol. The molecule has 0 aliphatic rings. The molecule has 4 nitrogen and oxygen atoms in total. The first-order valence-electron chi connectivity index (χ1n) is 7.67. The van der Waals surface area contributed by atoms with Crippen LogP contribution in [0.5, 0.6) is 0 Å². The van der Waals surface area contributed by atoms with Gasteiger partial charge in [0.05, 0.1) is 6.04 Å². The highest BCUT2D eigenvalue weighted by Gasteiger charge is 2.16. The molecule has 0 fully saturated rings. The molecule has 1 aromatic carbocycles. The van der Waals surface area contributed by atoms with Crippen molar-refractivity contribution >= 4 is 5.91 Å². The van der Waals surface area contributed by atoms with E-state index in [4.69, 9.17) is 0 Å². The summed E-state index contributed by atoms with van der Waals surface area (Å²) in [4.78, 5) is 16.6. The van der Waals surface area contributed by atoms with Crippen LogP contribution < -0.4 is 5.32 Å². The van der Waals surface area contributed by atoms with E-state index >= 15 is 0 Å². The van der Waals surface area contributed by atoms with Crippen molar-refractivity contribution in [1.82, 2.24) is 14.9 Å². The summed E-state index contributed by atoms with van der Waals surface area (Å²) < 4.78 is 14.8. The van der Waals surface area contributed by atoms with Gasteiger partial charge in [0.2, 0.25) is 0 Å². The van der Waals surface area contributed by atoms with Crippen LogP contribution in [0.2, 0.25) is 0 Å². The Labute approximate surface area is 140 Å². The number of hydrogen-bond acceptors (Lipinski definition) is 2. The molecule has 1 atom stereocenters. The second kappa shape index (κ2) is 6.66. The molecule has 3 rings (SSSR count). The van der Waals surface area contributed by atoms with Gasteiger partial charge in [0.25, 0.3) is 5.91 Å². The van der Waals surface area contributed by atoms with Crippen LogP contribution in [0.15, 0.2) is 61.1 Å². The Morgan fingerprint density at radius 2 is 1.96 bits per heavy atom. The Kier molecular flexibility index (Phi) is 4.42. The minimum absolute atomic E-state index is 0.143. The summed E-state index contributed by atoms with van der Waals surface area (Å²) in [7, 11) is 1.82. The van der Waals surface area contributed by atoms with Crippen molar-refractivity contribution in [2.45, 2.75) is 13.0 Å². The minimum Gasteiger partial charge on any atom is -0.346 e. The number of pyridine rings is 1. The summed E-state index contributed by atoms with van der Waals surface area (Å²) in [5.41, 5.74) is 3.23. The average Bonchev–Trinajstić information content (AvgIpc) is 2.98. The van der Waals surface area contributed by atoms with E-state index in [1.54, 1.807) is 35.2 Å². The first-order chi connectivity index (χ1) is 11.5. The van der Waals surface area contributed by atoms with Crippen LogP contribution in [-0.2, 0) is 7.05 Å². The highest BCUT2D eigenvalue weighted by molar-refractivity contribution is 5.94. The fourth-order valence-electron chi connectivity index (χ4n) is 2.58. The number of halogens is 1. The molecule has 0 saturated heterocycles. The molecule has 0 aliphatic heterocycles. The monoisotopic (exact) mass is 323 g/mol. The maximum atomic E-state index is 13.0. The molecule has 2 aromatic heterocycles. The fraction of sp³-hybridized carbons (Fsp3) is 0.158. The summed E-state index contributed by atoms with van der Waals surface area (Å²) in [6.07, 6.45) is 5.29. The number of benzene rings is 1. The molecular formula is C19H18FN3O. The second-order valence-corrected chi connectivity index (χ2v) is 5.71. The molecule has 122 valence electrons. The lowest BCUT2D eigenvalue weighted by molar-refractivity contribution is 0.0931. The average molecular weight is 323 g/mol. The van der Waals surface area contributed by atoms with E-state index in [-0.39, 0.29) is 17.8 Å². The summed E-state index contributed by atoms with van der Waals surface area (Å²) >= 11 is 0. The SMILES string of the molecule is C[C@H](NC(=O)c1cc(-c2ccc(F)cc2)cn1C)c1cccnc1. The quantitative estimate of drug-likeness (QED) is 0.795. The van der Waals surface area contributed by atoms with Crippen LogP contribution in [0.25, 0.3) is 11.1 Å². The predicted molar refractivity (Wildman–Crippen MR) is 90.9 cm³/mol. The number of rotatable bonds is 4. The van der Waals surface area contributed by atoms with Crippen LogP contribution in [0, 0.1) is 5.82 Å². The standard InChI is InChI=1S/C19H18FN3O/c1-13(15-4-3-9-21-11-15)22-19(24)18-10-16(12-23(18)2)14-5-7-17(20)8-6-14/h3-13H,1-2H3,(H,22,24)/t13-/m0/s1. The van der Waals surface area contributed by atoms with Gasteiger partial charge in [0, 0.05) is 31.2 Å². The lowest BCUT2D eigenvalue weighted by Gasteiger charge is -2.14. The van der Waals surface area contributed by atoms with Gasteiger partial charge < -0.3 is 9.88 Å². The molecule has 1 N–H and O–H groups in total. The van der Waals surface area contributed by atoms with E-state index in [2.05, 4.69) is 10.3 Å². The third-order valence-electron chi connectivity index (χ3n) is 3.95. The Balaban J connectivity index is 1.79. The number of nitrogens with zero attached hydrogens (tertiary/aromatic N) is 2. The molecule has 24 heavy (non-hydrogen) atoms. The second-order valence-electron chi connectivity index (χ2n) is 5.71. The summed E-state index contributed by atoms with van der Waals surface area (Å²) in [6.45, 7) is 1.92. The highest BCUT2D eigenvalue weighted by Crippen LogP contribution is 2.22. The van der Waals surface area contributed by atoms with Gasteiger partial charge in [0.15, 0.2) is 0 Å². The van der Waals surface area contributed by atoms with Gasteiger partial charge in [-0.1, -0.05) is 18.2 Å². The molecule has 3 aromatic rings.